The molecule has 8 atom stereocenters. The van der Waals surface area contributed by atoms with Crippen LogP contribution in [-0.2, 0) is 28.7 Å². The van der Waals surface area contributed by atoms with Crippen LogP contribution in [0.5, 0.6) is 0 Å². The van der Waals surface area contributed by atoms with Crippen LogP contribution in [0, 0.1) is 34.5 Å². The van der Waals surface area contributed by atoms with Crippen LogP contribution in [0.2, 0.25) is 0 Å². The summed E-state index contributed by atoms with van der Waals surface area (Å²) in [5.74, 6) is -1.11. The Bertz CT molecular complexity index is 1020. The summed E-state index contributed by atoms with van der Waals surface area (Å²) in [5.41, 5.74) is -1.64. The van der Waals surface area contributed by atoms with Gasteiger partial charge < -0.3 is 14.6 Å². The van der Waals surface area contributed by atoms with Crippen molar-refractivity contribution in [2.75, 3.05) is 18.6 Å². The molecule has 0 spiro atoms. The van der Waals surface area contributed by atoms with Crippen molar-refractivity contribution in [3.63, 3.8) is 0 Å². The average molecular weight is 519 g/mol. The predicted octanol–water partition coefficient (Wildman–Crippen LogP) is 3.68. The SMILES string of the molecule is CCC(=O)OCC(=O)[C@@]1(OC(=O)CSC)CC[C@H]2[C@@H]3C[C@H](C)C4=CC(=O)C=C[C@]4(C)[C@H]3[C@@H](O)C[C@@]21C. The first-order chi connectivity index (χ1) is 16.9. The summed E-state index contributed by atoms with van der Waals surface area (Å²) in [6, 6.07) is 0. The van der Waals surface area contributed by atoms with Crippen molar-refractivity contribution in [2.24, 2.45) is 34.5 Å². The van der Waals surface area contributed by atoms with Crippen LogP contribution in [0.3, 0.4) is 0 Å². The summed E-state index contributed by atoms with van der Waals surface area (Å²) in [6.07, 6.45) is 8.59. The van der Waals surface area contributed by atoms with Gasteiger partial charge in [-0.15, -0.1) is 0 Å². The van der Waals surface area contributed by atoms with Gasteiger partial charge in [-0.05, 0) is 61.8 Å². The molecular weight excluding hydrogens is 480 g/mol. The maximum Gasteiger partial charge on any atom is 0.316 e. The molecule has 4 rings (SSSR count). The molecule has 0 aliphatic heterocycles. The molecule has 4 aliphatic rings. The fraction of sp³-hybridized carbons (Fsp3) is 0.714. The van der Waals surface area contributed by atoms with E-state index in [-0.39, 0.29) is 48.0 Å². The number of allylic oxidation sites excluding steroid dienone is 4. The minimum Gasteiger partial charge on any atom is -0.457 e. The Morgan fingerprint density at radius 3 is 2.61 bits per heavy atom. The lowest BCUT2D eigenvalue weighted by molar-refractivity contribution is -0.200. The third-order valence-corrected chi connectivity index (χ3v) is 10.1. The zero-order valence-electron chi connectivity index (χ0n) is 21.9. The van der Waals surface area contributed by atoms with E-state index in [1.54, 1.807) is 25.3 Å². The fourth-order valence-electron chi connectivity index (χ4n) is 8.13. The van der Waals surface area contributed by atoms with Gasteiger partial charge in [-0.3, -0.25) is 19.2 Å². The molecule has 0 unspecified atom stereocenters. The van der Waals surface area contributed by atoms with Gasteiger partial charge >= 0.3 is 11.9 Å². The van der Waals surface area contributed by atoms with E-state index in [2.05, 4.69) is 13.8 Å². The number of hydrogen-bond acceptors (Lipinski definition) is 8. The Morgan fingerprint density at radius 1 is 1.22 bits per heavy atom. The molecule has 0 heterocycles. The van der Waals surface area contributed by atoms with Gasteiger partial charge in [0.2, 0.25) is 5.78 Å². The van der Waals surface area contributed by atoms with E-state index in [9.17, 15) is 24.3 Å². The van der Waals surface area contributed by atoms with Gasteiger partial charge in [0.1, 0.15) is 0 Å². The Kier molecular flexibility index (Phi) is 7.34. The largest absolute Gasteiger partial charge is 0.457 e. The molecule has 0 aromatic carbocycles. The molecule has 8 heteroatoms. The number of Topliss-reactive ketones (excluding diaryl/α,β-unsaturated/α-hetero) is 1. The summed E-state index contributed by atoms with van der Waals surface area (Å²) in [4.78, 5) is 50.5. The highest BCUT2D eigenvalue weighted by molar-refractivity contribution is 7.99. The number of esters is 2. The van der Waals surface area contributed by atoms with Gasteiger partial charge in [0.05, 0.1) is 11.9 Å². The highest BCUT2D eigenvalue weighted by Crippen LogP contribution is 2.68. The molecule has 3 saturated carbocycles. The van der Waals surface area contributed by atoms with Crippen LogP contribution >= 0.6 is 11.8 Å². The zero-order chi connectivity index (χ0) is 26.5. The first-order valence-corrected chi connectivity index (χ1v) is 14.4. The van der Waals surface area contributed by atoms with E-state index < -0.39 is 46.9 Å². The fourth-order valence-corrected chi connectivity index (χ4v) is 8.42. The Balaban J connectivity index is 1.73. The van der Waals surface area contributed by atoms with Crippen molar-refractivity contribution in [3.05, 3.63) is 23.8 Å². The standard InChI is InChI=1S/C28H38O7S/c1-6-23(32)34-14-22(31)28(35-24(33)15-36-5)10-8-19-18-11-16(2)20-12-17(29)7-9-26(20,3)25(18)21(30)13-27(19,28)4/h7,9,12,16,18-19,21,25,30H,6,8,10-11,13-15H2,1-5H3/t16-,18-,19-,21-,25+,26-,27-,28-/m0/s1. The molecule has 3 fully saturated rings. The first kappa shape index (κ1) is 27.1. The lowest BCUT2D eigenvalue weighted by atomic mass is 9.44. The van der Waals surface area contributed by atoms with E-state index >= 15 is 0 Å². The van der Waals surface area contributed by atoms with E-state index in [1.165, 1.54) is 11.8 Å². The minimum atomic E-state index is -1.46. The molecule has 0 radical (unpaired) electrons. The third kappa shape index (κ3) is 4.08. The molecule has 7 nitrogen and oxygen atoms in total. The molecule has 0 saturated heterocycles. The summed E-state index contributed by atoms with van der Waals surface area (Å²) >= 11 is 1.32. The van der Waals surface area contributed by atoms with Crippen molar-refractivity contribution in [2.45, 2.75) is 71.5 Å². The Hall–Kier alpha value is -1.93. The van der Waals surface area contributed by atoms with Gasteiger partial charge in [-0.2, -0.15) is 11.8 Å². The molecule has 0 bridgehead atoms. The molecule has 0 aromatic heterocycles. The smallest absolute Gasteiger partial charge is 0.316 e. The Labute approximate surface area is 217 Å². The van der Waals surface area contributed by atoms with E-state index in [0.29, 0.717) is 12.8 Å². The second kappa shape index (κ2) is 9.75. The van der Waals surface area contributed by atoms with Gasteiger partial charge in [0.15, 0.2) is 18.0 Å². The maximum atomic E-state index is 13.7. The van der Waals surface area contributed by atoms with Crippen molar-refractivity contribution < 1.29 is 33.8 Å². The van der Waals surface area contributed by atoms with E-state index in [4.69, 9.17) is 9.47 Å². The van der Waals surface area contributed by atoms with Crippen LogP contribution in [0.1, 0.15) is 59.8 Å². The van der Waals surface area contributed by atoms with Crippen molar-refractivity contribution >= 4 is 35.3 Å². The Morgan fingerprint density at radius 2 is 1.94 bits per heavy atom. The minimum absolute atomic E-state index is 0.0178. The number of aliphatic hydroxyl groups is 1. The zero-order valence-corrected chi connectivity index (χ0v) is 22.7. The number of aliphatic hydroxyl groups excluding tert-OH is 1. The van der Waals surface area contributed by atoms with Gasteiger partial charge in [0, 0.05) is 23.2 Å². The number of thioether (sulfide) groups is 1. The highest BCUT2D eigenvalue weighted by atomic mass is 32.2. The number of carbonyl (C=O) groups excluding carboxylic acids is 4. The highest BCUT2D eigenvalue weighted by Gasteiger charge is 2.70. The van der Waals surface area contributed by atoms with Crippen LogP contribution in [0.25, 0.3) is 0 Å². The van der Waals surface area contributed by atoms with Crippen LogP contribution in [0.4, 0.5) is 0 Å². The number of ether oxygens (including phenoxy) is 2. The third-order valence-electron chi connectivity index (χ3n) is 9.59. The summed E-state index contributed by atoms with van der Waals surface area (Å²) in [7, 11) is 0. The van der Waals surface area contributed by atoms with E-state index in [0.717, 1.165) is 12.0 Å². The average Bonchev–Trinajstić information content (AvgIpc) is 3.10. The monoisotopic (exact) mass is 518 g/mol. The molecule has 36 heavy (non-hydrogen) atoms. The van der Waals surface area contributed by atoms with Gasteiger partial charge in [0.25, 0.3) is 0 Å². The van der Waals surface area contributed by atoms with Gasteiger partial charge in [-0.25, -0.2) is 0 Å². The first-order valence-electron chi connectivity index (χ1n) is 13.0. The number of fused-ring (bicyclic) bond motifs is 5. The van der Waals surface area contributed by atoms with Crippen molar-refractivity contribution in [3.8, 4) is 0 Å². The molecule has 198 valence electrons. The molecular formula is C28H38O7S. The molecule has 4 aliphatic carbocycles. The van der Waals surface area contributed by atoms with Crippen molar-refractivity contribution in [1.29, 1.82) is 0 Å². The topological polar surface area (TPSA) is 107 Å². The predicted molar refractivity (Wildman–Crippen MR) is 136 cm³/mol. The second-order valence-corrected chi connectivity index (χ2v) is 12.3. The summed E-state index contributed by atoms with van der Waals surface area (Å²) < 4.78 is 11.3. The quantitative estimate of drug-likeness (QED) is 0.509. The summed E-state index contributed by atoms with van der Waals surface area (Å²) in [5, 5.41) is 11.7. The number of carbonyl (C=O) groups is 4. The van der Waals surface area contributed by atoms with Crippen LogP contribution < -0.4 is 0 Å². The summed E-state index contributed by atoms with van der Waals surface area (Å²) in [6.45, 7) is 7.41. The molecule has 0 amide bonds. The lowest BCUT2D eigenvalue weighted by Gasteiger charge is -2.61. The van der Waals surface area contributed by atoms with Crippen molar-refractivity contribution in [1.82, 2.24) is 0 Å². The maximum absolute atomic E-state index is 13.7. The lowest BCUT2D eigenvalue weighted by Crippen LogP contribution is -2.63. The number of ketones is 2. The molecule has 0 aromatic rings. The van der Waals surface area contributed by atoms with Crippen LogP contribution in [-0.4, -0.2) is 58.9 Å². The molecule has 1 N–H and O–H groups in total. The van der Waals surface area contributed by atoms with Crippen LogP contribution in [0.15, 0.2) is 23.8 Å². The number of hydrogen-bond donors (Lipinski definition) is 1. The number of rotatable bonds is 7. The van der Waals surface area contributed by atoms with E-state index in [1.807, 2.05) is 13.0 Å². The van der Waals surface area contributed by atoms with Gasteiger partial charge in [-0.1, -0.05) is 39.3 Å². The second-order valence-electron chi connectivity index (χ2n) is 11.5. The normalized spacial score (nSPS) is 41.0.